The van der Waals surface area contributed by atoms with Gasteiger partial charge in [0.1, 0.15) is 0 Å². The largest absolute Gasteiger partial charge is 0.463 e. The summed E-state index contributed by atoms with van der Waals surface area (Å²) in [6.45, 7) is 8.34. The summed E-state index contributed by atoms with van der Waals surface area (Å²) >= 11 is 1.33. The summed E-state index contributed by atoms with van der Waals surface area (Å²) in [4.78, 5) is 34.3. The third-order valence-electron chi connectivity index (χ3n) is 6.67. The van der Waals surface area contributed by atoms with Crippen LogP contribution in [-0.2, 0) is 16.1 Å². The van der Waals surface area contributed by atoms with Crippen LogP contribution in [0.2, 0.25) is 0 Å². The third kappa shape index (κ3) is 4.41. The molecule has 194 valence electrons. The highest BCUT2D eigenvalue weighted by atomic mass is 32.1. The number of para-hydroxylation sites is 1. The molecule has 2 aromatic heterocycles. The van der Waals surface area contributed by atoms with E-state index in [4.69, 9.17) is 4.74 Å². The van der Waals surface area contributed by atoms with Gasteiger partial charge in [-0.1, -0.05) is 47.7 Å². The van der Waals surface area contributed by atoms with E-state index in [9.17, 15) is 9.59 Å². The predicted molar refractivity (Wildman–Crippen MR) is 153 cm³/mol. The molecule has 0 amide bonds. The van der Waals surface area contributed by atoms with Crippen LogP contribution in [0.4, 0.5) is 5.69 Å². The van der Waals surface area contributed by atoms with E-state index in [1.54, 1.807) is 18.4 Å². The van der Waals surface area contributed by atoms with E-state index < -0.39 is 12.0 Å². The molecule has 1 aliphatic heterocycles. The minimum absolute atomic E-state index is 0.190. The first-order valence-corrected chi connectivity index (χ1v) is 13.3. The van der Waals surface area contributed by atoms with Gasteiger partial charge < -0.3 is 14.2 Å². The number of hydrogen-bond donors (Lipinski definition) is 0. The third-order valence-corrected chi connectivity index (χ3v) is 7.66. The Hall–Kier alpha value is -4.17. The molecule has 7 nitrogen and oxygen atoms in total. The van der Waals surface area contributed by atoms with Crippen molar-refractivity contribution >= 4 is 40.0 Å². The first-order valence-electron chi connectivity index (χ1n) is 12.5. The zero-order valence-electron chi connectivity index (χ0n) is 22.0. The molecular weight excluding hydrogens is 496 g/mol. The maximum Gasteiger partial charge on any atom is 0.338 e. The first-order chi connectivity index (χ1) is 18.3. The number of anilines is 1. The Labute approximate surface area is 224 Å². The molecule has 2 aromatic carbocycles. The number of benzene rings is 2. The lowest BCUT2D eigenvalue weighted by Gasteiger charge is -2.25. The van der Waals surface area contributed by atoms with Gasteiger partial charge in [-0.05, 0) is 43.7 Å². The van der Waals surface area contributed by atoms with Gasteiger partial charge in [0.15, 0.2) is 4.80 Å². The number of carbonyl (C=O) groups is 1. The molecule has 0 fully saturated rings. The molecule has 0 bridgehead atoms. The van der Waals surface area contributed by atoms with Crippen LogP contribution in [-0.4, -0.2) is 35.8 Å². The summed E-state index contributed by atoms with van der Waals surface area (Å²) in [5, 5.41) is 1.06. The normalized spacial score (nSPS) is 15.4. The van der Waals surface area contributed by atoms with Gasteiger partial charge in [0.25, 0.3) is 5.56 Å². The van der Waals surface area contributed by atoms with Gasteiger partial charge in [0.2, 0.25) is 0 Å². The van der Waals surface area contributed by atoms with Crippen molar-refractivity contribution in [2.45, 2.75) is 26.4 Å². The second-order valence-corrected chi connectivity index (χ2v) is 10.3. The van der Waals surface area contributed by atoms with Crippen LogP contribution in [0.25, 0.3) is 17.0 Å². The number of esters is 1. The Balaban J connectivity index is 1.72. The number of rotatable bonds is 7. The summed E-state index contributed by atoms with van der Waals surface area (Å²) in [5.41, 5.74) is 4.61. The molecule has 0 saturated carbocycles. The zero-order chi connectivity index (χ0) is 27.0. The zero-order valence-corrected chi connectivity index (χ0v) is 22.8. The number of aromatic nitrogens is 2. The Bertz CT molecular complexity index is 1750. The van der Waals surface area contributed by atoms with Crippen LogP contribution < -0.4 is 19.8 Å². The first kappa shape index (κ1) is 25.5. The smallest absolute Gasteiger partial charge is 0.338 e. The second-order valence-electron chi connectivity index (χ2n) is 9.33. The molecule has 0 aliphatic carbocycles. The Morgan fingerprint density at radius 1 is 1.18 bits per heavy atom. The molecule has 1 atom stereocenters. The van der Waals surface area contributed by atoms with E-state index in [2.05, 4.69) is 28.3 Å². The van der Waals surface area contributed by atoms with Crippen molar-refractivity contribution < 1.29 is 9.53 Å². The van der Waals surface area contributed by atoms with Crippen molar-refractivity contribution in [3.05, 3.63) is 109 Å². The van der Waals surface area contributed by atoms with Gasteiger partial charge in [0, 0.05) is 49.0 Å². The fourth-order valence-electron chi connectivity index (χ4n) is 4.88. The maximum absolute atomic E-state index is 14.0. The van der Waals surface area contributed by atoms with Crippen molar-refractivity contribution in [2.75, 3.05) is 25.6 Å². The molecule has 3 heterocycles. The van der Waals surface area contributed by atoms with Crippen LogP contribution in [0.15, 0.2) is 88.4 Å². The van der Waals surface area contributed by atoms with E-state index in [1.165, 1.54) is 11.3 Å². The number of thiazole rings is 1. The van der Waals surface area contributed by atoms with Crippen molar-refractivity contribution in [2.24, 2.45) is 4.99 Å². The molecule has 0 saturated heterocycles. The quantitative estimate of drug-likeness (QED) is 0.270. The number of ether oxygens (including phenoxy) is 1. The number of fused-ring (bicyclic) bond motifs is 2. The maximum atomic E-state index is 14.0. The van der Waals surface area contributed by atoms with Crippen molar-refractivity contribution in [3.63, 3.8) is 0 Å². The predicted octanol–water partition coefficient (Wildman–Crippen LogP) is 4.01. The average Bonchev–Trinajstić information content (AvgIpc) is 3.40. The Kier molecular flexibility index (Phi) is 6.91. The van der Waals surface area contributed by atoms with Crippen molar-refractivity contribution in [3.8, 4) is 0 Å². The standard InChI is InChI=1S/C30H30N4O3S/c1-6-16-33-18-21(23-10-8-9-11-24(23)33)17-25-28(35)34-27(20-12-14-22(15-13-20)32(4)5)26(29(36)37-7-2)19(3)31-30(34)38-25/h6,8-15,17-18,27H,1,7,16H2,2-5H3/b25-17-/t27-/m1/s1. The average molecular weight is 527 g/mol. The lowest BCUT2D eigenvalue weighted by atomic mass is 9.95. The van der Waals surface area contributed by atoms with Crippen LogP contribution in [0, 0.1) is 0 Å². The van der Waals surface area contributed by atoms with Gasteiger partial charge >= 0.3 is 5.97 Å². The van der Waals surface area contributed by atoms with Gasteiger partial charge in [-0.2, -0.15) is 0 Å². The minimum Gasteiger partial charge on any atom is -0.463 e. The highest BCUT2D eigenvalue weighted by Gasteiger charge is 2.33. The van der Waals surface area contributed by atoms with E-state index in [0.717, 1.165) is 27.7 Å². The SMILES string of the molecule is C=CCn1cc(/C=c2\sc3n(c2=O)[C@H](c2ccc(N(C)C)cc2)C(C(=O)OCC)=C(C)N=3)c2ccccc21. The summed E-state index contributed by atoms with van der Waals surface area (Å²) in [6.07, 6.45) is 5.81. The molecule has 0 spiro atoms. The number of carbonyl (C=O) groups excluding carboxylic acids is 1. The van der Waals surface area contributed by atoms with E-state index in [1.807, 2.05) is 73.7 Å². The summed E-state index contributed by atoms with van der Waals surface area (Å²) < 4.78 is 9.70. The summed E-state index contributed by atoms with van der Waals surface area (Å²) in [5.74, 6) is -0.461. The van der Waals surface area contributed by atoms with E-state index >= 15 is 0 Å². The van der Waals surface area contributed by atoms with Gasteiger partial charge in [0.05, 0.1) is 28.5 Å². The minimum atomic E-state index is -0.634. The fraction of sp³-hybridized carbons (Fsp3) is 0.233. The highest BCUT2D eigenvalue weighted by molar-refractivity contribution is 7.07. The molecule has 8 heteroatoms. The van der Waals surface area contributed by atoms with Crippen LogP contribution in [0.1, 0.15) is 31.0 Å². The Morgan fingerprint density at radius 3 is 2.61 bits per heavy atom. The van der Waals surface area contributed by atoms with Gasteiger partial charge in [-0.3, -0.25) is 9.36 Å². The van der Waals surface area contributed by atoms with Crippen molar-refractivity contribution in [1.29, 1.82) is 0 Å². The molecule has 0 radical (unpaired) electrons. The monoisotopic (exact) mass is 526 g/mol. The van der Waals surface area contributed by atoms with E-state index in [-0.39, 0.29) is 12.2 Å². The fourth-order valence-corrected chi connectivity index (χ4v) is 5.92. The Morgan fingerprint density at radius 2 is 1.92 bits per heavy atom. The molecule has 0 N–H and O–H groups in total. The van der Waals surface area contributed by atoms with E-state index in [0.29, 0.717) is 27.1 Å². The number of allylic oxidation sites excluding steroid dienone is 2. The number of nitrogens with zero attached hydrogens (tertiary/aromatic N) is 4. The van der Waals surface area contributed by atoms with Gasteiger partial charge in [-0.25, -0.2) is 9.79 Å². The molecule has 4 aromatic rings. The molecule has 1 aliphatic rings. The topological polar surface area (TPSA) is 68.8 Å². The molecule has 0 unspecified atom stereocenters. The molecular formula is C30H30N4O3S. The lowest BCUT2D eigenvalue weighted by Crippen LogP contribution is -2.39. The van der Waals surface area contributed by atoms with Crippen molar-refractivity contribution in [1.82, 2.24) is 9.13 Å². The highest BCUT2D eigenvalue weighted by Crippen LogP contribution is 2.31. The second kappa shape index (κ2) is 10.3. The van der Waals surface area contributed by atoms with Crippen LogP contribution >= 0.6 is 11.3 Å². The molecule has 5 rings (SSSR count). The number of hydrogen-bond acceptors (Lipinski definition) is 6. The summed E-state index contributed by atoms with van der Waals surface area (Å²) in [7, 11) is 3.94. The lowest BCUT2D eigenvalue weighted by molar-refractivity contribution is -0.139. The summed E-state index contributed by atoms with van der Waals surface area (Å²) in [6, 6.07) is 15.4. The van der Waals surface area contributed by atoms with Crippen LogP contribution in [0.3, 0.4) is 0 Å². The van der Waals surface area contributed by atoms with Crippen LogP contribution in [0.5, 0.6) is 0 Å². The molecule has 38 heavy (non-hydrogen) atoms. The van der Waals surface area contributed by atoms with Gasteiger partial charge in [-0.15, -0.1) is 6.58 Å².